The number of carbonyl (C=O) groups excluding carboxylic acids is 1. The van der Waals surface area contributed by atoms with E-state index in [-0.39, 0.29) is 11.5 Å². The standard InChI is InChI=1S/C12H17N5O2/c18-11-6-14-10(5-15-11)12(19)17-7-9(8-17)16-3-1-13-2-4-16/h5-6,9,13H,1-4,7-8H2,(H,15,18). The molecule has 0 bridgehead atoms. The first-order valence-corrected chi connectivity index (χ1v) is 6.53. The summed E-state index contributed by atoms with van der Waals surface area (Å²) in [6, 6.07) is 0.466. The van der Waals surface area contributed by atoms with Gasteiger partial charge in [-0.15, -0.1) is 0 Å². The van der Waals surface area contributed by atoms with Crippen molar-refractivity contribution < 1.29 is 4.79 Å². The number of likely N-dealkylation sites (tertiary alicyclic amines) is 1. The molecule has 0 spiro atoms. The third-order valence-electron chi connectivity index (χ3n) is 3.71. The van der Waals surface area contributed by atoms with Gasteiger partial charge in [0.15, 0.2) is 0 Å². The molecule has 0 aliphatic carbocycles. The van der Waals surface area contributed by atoms with Crippen LogP contribution in [0.3, 0.4) is 0 Å². The fraction of sp³-hybridized carbons (Fsp3) is 0.583. The molecule has 3 rings (SSSR count). The number of nitrogens with zero attached hydrogens (tertiary/aromatic N) is 3. The highest BCUT2D eigenvalue weighted by atomic mass is 16.2. The molecule has 2 fully saturated rings. The Bertz CT molecular complexity index is 497. The van der Waals surface area contributed by atoms with Crippen LogP contribution in [0.25, 0.3) is 0 Å². The molecule has 1 amide bonds. The molecule has 0 aromatic carbocycles. The second-order valence-electron chi connectivity index (χ2n) is 4.95. The Hall–Kier alpha value is -1.73. The van der Waals surface area contributed by atoms with Crippen molar-refractivity contribution in [1.29, 1.82) is 0 Å². The fourth-order valence-corrected chi connectivity index (χ4v) is 2.52. The minimum Gasteiger partial charge on any atom is -0.334 e. The summed E-state index contributed by atoms with van der Waals surface area (Å²) in [7, 11) is 0. The number of piperazine rings is 1. The van der Waals surface area contributed by atoms with Crippen molar-refractivity contribution in [1.82, 2.24) is 25.1 Å². The molecule has 19 heavy (non-hydrogen) atoms. The second-order valence-corrected chi connectivity index (χ2v) is 4.95. The molecule has 2 saturated heterocycles. The topological polar surface area (TPSA) is 81.3 Å². The monoisotopic (exact) mass is 263 g/mol. The van der Waals surface area contributed by atoms with Gasteiger partial charge in [-0.3, -0.25) is 14.5 Å². The van der Waals surface area contributed by atoms with Gasteiger partial charge in [-0.25, -0.2) is 4.98 Å². The lowest BCUT2D eigenvalue weighted by Crippen LogP contribution is -2.64. The summed E-state index contributed by atoms with van der Waals surface area (Å²) in [6.07, 6.45) is 2.52. The van der Waals surface area contributed by atoms with Crippen molar-refractivity contribution >= 4 is 5.91 Å². The Morgan fingerprint density at radius 1 is 1.32 bits per heavy atom. The van der Waals surface area contributed by atoms with Crippen molar-refractivity contribution in [3.8, 4) is 0 Å². The third kappa shape index (κ3) is 2.52. The van der Waals surface area contributed by atoms with Gasteiger partial charge in [-0.05, 0) is 0 Å². The van der Waals surface area contributed by atoms with Gasteiger partial charge in [0, 0.05) is 51.5 Å². The molecule has 2 aliphatic heterocycles. The van der Waals surface area contributed by atoms with Crippen LogP contribution in [0.4, 0.5) is 0 Å². The second kappa shape index (κ2) is 5.10. The Balaban J connectivity index is 1.56. The average Bonchev–Trinajstić information content (AvgIpc) is 2.39. The molecular formula is C12H17N5O2. The Morgan fingerprint density at radius 2 is 2.05 bits per heavy atom. The fourth-order valence-electron chi connectivity index (χ4n) is 2.52. The largest absolute Gasteiger partial charge is 0.334 e. The van der Waals surface area contributed by atoms with Crippen LogP contribution in [0.1, 0.15) is 10.5 Å². The molecular weight excluding hydrogens is 246 g/mol. The van der Waals surface area contributed by atoms with Gasteiger partial charge in [-0.1, -0.05) is 0 Å². The molecule has 7 heteroatoms. The van der Waals surface area contributed by atoms with E-state index in [1.807, 2.05) is 0 Å². The van der Waals surface area contributed by atoms with E-state index in [9.17, 15) is 9.59 Å². The van der Waals surface area contributed by atoms with E-state index in [0.717, 1.165) is 45.5 Å². The van der Waals surface area contributed by atoms with Gasteiger partial charge in [-0.2, -0.15) is 0 Å². The molecule has 3 heterocycles. The molecule has 0 saturated carbocycles. The zero-order valence-corrected chi connectivity index (χ0v) is 10.6. The van der Waals surface area contributed by atoms with Crippen LogP contribution in [-0.2, 0) is 0 Å². The Labute approximate surface area is 110 Å². The lowest BCUT2D eigenvalue weighted by Gasteiger charge is -2.46. The molecule has 7 nitrogen and oxygen atoms in total. The maximum atomic E-state index is 12.1. The highest BCUT2D eigenvalue weighted by Gasteiger charge is 2.35. The van der Waals surface area contributed by atoms with Crippen molar-refractivity contribution in [2.45, 2.75) is 6.04 Å². The minimum absolute atomic E-state index is 0.109. The van der Waals surface area contributed by atoms with Crippen molar-refractivity contribution in [3.63, 3.8) is 0 Å². The zero-order chi connectivity index (χ0) is 13.2. The first kappa shape index (κ1) is 12.3. The van der Waals surface area contributed by atoms with Gasteiger partial charge in [0.25, 0.3) is 11.5 Å². The van der Waals surface area contributed by atoms with Crippen molar-refractivity contribution in [3.05, 3.63) is 28.4 Å². The number of hydrogen-bond acceptors (Lipinski definition) is 5. The smallest absolute Gasteiger partial charge is 0.274 e. The van der Waals surface area contributed by atoms with E-state index in [1.165, 1.54) is 6.20 Å². The van der Waals surface area contributed by atoms with Crippen LogP contribution in [0.2, 0.25) is 0 Å². The molecule has 1 aromatic heterocycles. The van der Waals surface area contributed by atoms with Crippen molar-refractivity contribution in [2.75, 3.05) is 39.3 Å². The number of nitrogens with one attached hydrogen (secondary N) is 2. The number of aromatic nitrogens is 2. The van der Waals surface area contributed by atoms with Gasteiger partial charge in [0.05, 0.1) is 6.20 Å². The van der Waals surface area contributed by atoms with E-state index in [1.54, 1.807) is 4.90 Å². The number of carbonyl (C=O) groups is 1. The summed E-state index contributed by atoms with van der Waals surface area (Å²) in [5, 5.41) is 3.32. The predicted molar refractivity (Wildman–Crippen MR) is 69.0 cm³/mol. The Morgan fingerprint density at radius 3 is 2.68 bits per heavy atom. The summed E-state index contributed by atoms with van der Waals surface area (Å²) < 4.78 is 0. The highest BCUT2D eigenvalue weighted by Crippen LogP contribution is 2.17. The van der Waals surface area contributed by atoms with E-state index in [0.29, 0.717) is 11.7 Å². The lowest BCUT2D eigenvalue weighted by molar-refractivity contribution is 0.0222. The van der Waals surface area contributed by atoms with E-state index >= 15 is 0 Å². The highest BCUT2D eigenvalue weighted by molar-refractivity contribution is 5.92. The number of rotatable bonds is 2. The van der Waals surface area contributed by atoms with Crippen LogP contribution in [0.15, 0.2) is 17.2 Å². The quantitative estimate of drug-likeness (QED) is 0.678. The first-order valence-electron chi connectivity index (χ1n) is 6.53. The van der Waals surface area contributed by atoms with Crippen LogP contribution < -0.4 is 10.9 Å². The molecule has 102 valence electrons. The molecule has 2 aliphatic rings. The SMILES string of the molecule is O=C(c1c[nH]c(=O)cn1)N1CC(N2CCNCC2)C1. The van der Waals surface area contributed by atoms with E-state index in [2.05, 4.69) is 20.2 Å². The maximum Gasteiger partial charge on any atom is 0.274 e. The summed E-state index contributed by atoms with van der Waals surface area (Å²) >= 11 is 0. The lowest BCUT2D eigenvalue weighted by atomic mass is 10.1. The average molecular weight is 263 g/mol. The maximum absolute atomic E-state index is 12.1. The number of amides is 1. The normalized spacial score (nSPS) is 21.2. The summed E-state index contributed by atoms with van der Waals surface area (Å²) in [6.45, 7) is 5.63. The van der Waals surface area contributed by atoms with E-state index < -0.39 is 0 Å². The third-order valence-corrected chi connectivity index (χ3v) is 3.71. The van der Waals surface area contributed by atoms with Gasteiger partial charge in [0.2, 0.25) is 0 Å². The van der Waals surface area contributed by atoms with Gasteiger partial charge < -0.3 is 15.2 Å². The molecule has 0 radical (unpaired) electrons. The number of H-pyrrole nitrogens is 1. The summed E-state index contributed by atoms with van der Waals surface area (Å²) in [5.74, 6) is -0.109. The van der Waals surface area contributed by atoms with Crippen molar-refractivity contribution in [2.24, 2.45) is 0 Å². The summed E-state index contributed by atoms with van der Waals surface area (Å²) in [4.78, 5) is 33.5. The molecule has 0 atom stereocenters. The van der Waals surface area contributed by atoms with E-state index in [4.69, 9.17) is 0 Å². The van der Waals surface area contributed by atoms with Gasteiger partial charge in [0.1, 0.15) is 5.69 Å². The molecule has 1 aromatic rings. The predicted octanol–water partition coefficient (Wildman–Crippen LogP) is -1.50. The summed E-state index contributed by atoms with van der Waals surface area (Å²) in [5.41, 5.74) is 0.0113. The minimum atomic E-state index is -0.293. The number of aromatic amines is 1. The zero-order valence-electron chi connectivity index (χ0n) is 10.6. The van der Waals surface area contributed by atoms with Gasteiger partial charge >= 0.3 is 0 Å². The molecule has 2 N–H and O–H groups in total. The van der Waals surface area contributed by atoms with Crippen LogP contribution >= 0.6 is 0 Å². The number of hydrogen-bond donors (Lipinski definition) is 2. The molecule has 0 unspecified atom stereocenters. The van der Waals surface area contributed by atoms with Crippen LogP contribution in [0.5, 0.6) is 0 Å². The van der Waals surface area contributed by atoms with Crippen LogP contribution in [0, 0.1) is 0 Å². The van der Waals surface area contributed by atoms with Crippen LogP contribution in [-0.4, -0.2) is 71.0 Å². The Kier molecular flexibility index (Phi) is 3.31. The first-order chi connectivity index (χ1) is 9.24.